The van der Waals surface area contributed by atoms with Crippen molar-refractivity contribution in [2.45, 2.75) is 20.5 Å². The van der Waals surface area contributed by atoms with Crippen LogP contribution in [-0.4, -0.2) is 12.4 Å². The molecular formula is C10H9ClF2O2. The molecule has 0 saturated carbocycles. The van der Waals surface area contributed by atoms with Crippen LogP contribution in [0, 0.1) is 6.92 Å². The Labute approximate surface area is 90.8 Å². The Morgan fingerprint density at radius 3 is 2.53 bits per heavy atom. The number of Topliss-reactive ketones (excluding diaryl/α,β-unsaturated/α-hetero) is 1. The largest absolute Gasteiger partial charge is 0.433 e. The van der Waals surface area contributed by atoms with Crippen LogP contribution in [0.25, 0.3) is 0 Å². The van der Waals surface area contributed by atoms with E-state index in [1.54, 1.807) is 6.92 Å². The van der Waals surface area contributed by atoms with Crippen LogP contribution in [-0.2, 0) is 0 Å². The molecule has 0 heterocycles. The number of carbonyl (C=O) groups excluding carboxylic acids is 1. The molecule has 0 amide bonds. The zero-order valence-electron chi connectivity index (χ0n) is 8.18. The molecule has 0 unspecified atom stereocenters. The Kier molecular flexibility index (Phi) is 3.63. The average molecular weight is 235 g/mol. The van der Waals surface area contributed by atoms with E-state index in [2.05, 4.69) is 4.74 Å². The average Bonchev–Trinajstić information content (AvgIpc) is 2.11. The Bertz CT molecular complexity index is 391. The van der Waals surface area contributed by atoms with Crippen LogP contribution in [0.3, 0.4) is 0 Å². The molecule has 0 atom stereocenters. The van der Waals surface area contributed by atoms with Gasteiger partial charge in [-0.2, -0.15) is 8.78 Å². The van der Waals surface area contributed by atoms with E-state index in [9.17, 15) is 13.6 Å². The van der Waals surface area contributed by atoms with Gasteiger partial charge in [-0.05, 0) is 31.5 Å². The second-order valence-electron chi connectivity index (χ2n) is 3.04. The van der Waals surface area contributed by atoms with E-state index in [4.69, 9.17) is 11.6 Å². The molecule has 1 aromatic carbocycles. The molecule has 0 radical (unpaired) electrons. The molecular weight excluding hydrogens is 226 g/mol. The van der Waals surface area contributed by atoms with Crippen LogP contribution in [0.2, 0.25) is 5.02 Å². The summed E-state index contributed by atoms with van der Waals surface area (Å²) in [7, 11) is 0. The molecule has 0 saturated heterocycles. The highest BCUT2D eigenvalue weighted by Crippen LogP contribution is 2.30. The van der Waals surface area contributed by atoms with Crippen molar-refractivity contribution in [1.29, 1.82) is 0 Å². The zero-order valence-corrected chi connectivity index (χ0v) is 8.94. The van der Waals surface area contributed by atoms with Crippen LogP contribution < -0.4 is 4.74 Å². The van der Waals surface area contributed by atoms with Crippen LogP contribution >= 0.6 is 11.6 Å². The minimum Gasteiger partial charge on any atom is -0.433 e. The van der Waals surface area contributed by atoms with Gasteiger partial charge in [-0.3, -0.25) is 4.79 Å². The fourth-order valence-electron chi connectivity index (χ4n) is 1.12. The van der Waals surface area contributed by atoms with E-state index in [0.717, 1.165) is 0 Å². The van der Waals surface area contributed by atoms with E-state index < -0.39 is 6.61 Å². The lowest BCUT2D eigenvalue weighted by Gasteiger charge is -2.10. The summed E-state index contributed by atoms with van der Waals surface area (Å²) >= 11 is 5.74. The van der Waals surface area contributed by atoms with Gasteiger partial charge in [-0.15, -0.1) is 0 Å². The Hall–Kier alpha value is -1.16. The molecule has 1 aromatic rings. The van der Waals surface area contributed by atoms with Crippen molar-refractivity contribution in [2.75, 3.05) is 0 Å². The number of halogens is 3. The first-order valence-corrected chi connectivity index (χ1v) is 4.55. The molecule has 82 valence electrons. The van der Waals surface area contributed by atoms with E-state index in [0.29, 0.717) is 11.1 Å². The molecule has 0 aromatic heterocycles. The van der Waals surface area contributed by atoms with Crippen molar-refractivity contribution in [2.24, 2.45) is 0 Å². The van der Waals surface area contributed by atoms with Gasteiger partial charge < -0.3 is 4.74 Å². The summed E-state index contributed by atoms with van der Waals surface area (Å²) in [6.45, 7) is 0.00572. The third-order valence-corrected chi connectivity index (χ3v) is 2.33. The third kappa shape index (κ3) is 2.89. The van der Waals surface area contributed by atoms with E-state index in [1.807, 2.05) is 0 Å². The standard InChI is InChI=1S/C10H9ClF2O2/c1-5-3-7(6(2)14)4-8(9(5)11)15-10(12)13/h3-4,10H,1-2H3. The van der Waals surface area contributed by atoms with Crippen molar-refractivity contribution in [3.63, 3.8) is 0 Å². The summed E-state index contributed by atoms with van der Waals surface area (Å²) in [5, 5.41) is 0.0975. The Morgan fingerprint density at radius 2 is 2.07 bits per heavy atom. The molecule has 0 N–H and O–H groups in total. The quantitative estimate of drug-likeness (QED) is 0.749. The minimum absolute atomic E-state index is 0.0975. The van der Waals surface area contributed by atoms with Gasteiger partial charge in [0.15, 0.2) is 5.78 Å². The van der Waals surface area contributed by atoms with E-state index in [-0.39, 0.29) is 16.6 Å². The first kappa shape index (κ1) is 11.9. The summed E-state index contributed by atoms with van der Waals surface area (Å²) in [6.07, 6.45) is 0. The highest BCUT2D eigenvalue weighted by Gasteiger charge is 2.13. The van der Waals surface area contributed by atoms with Crippen LogP contribution in [0.1, 0.15) is 22.8 Å². The normalized spacial score (nSPS) is 10.5. The zero-order chi connectivity index (χ0) is 11.6. The van der Waals surface area contributed by atoms with Gasteiger partial charge in [-0.25, -0.2) is 0 Å². The molecule has 0 aliphatic rings. The lowest BCUT2D eigenvalue weighted by molar-refractivity contribution is -0.0498. The second-order valence-corrected chi connectivity index (χ2v) is 3.42. The number of ether oxygens (including phenoxy) is 1. The number of alkyl halides is 2. The maximum atomic E-state index is 12.0. The predicted molar refractivity (Wildman–Crippen MR) is 52.8 cm³/mol. The van der Waals surface area contributed by atoms with Crippen LogP contribution in [0.5, 0.6) is 5.75 Å². The fraction of sp³-hybridized carbons (Fsp3) is 0.300. The van der Waals surface area contributed by atoms with Crippen molar-refractivity contribution in [3.05, 3.63) is 28.3 Å². The number of ketones is 1. The van der Waals surface area contributed by atoms with Crippen molar-refractivity contribution >= 4 is 17.4 Å². The molecule has 2 nitrogen and oxygen atoms in total. The highest BCUT2D eigenvalue weighted by atomic mass is 35.5. The maximum Gasteiger partial charge on any atom is 0.387 e. The van der Waals surface area contributed by atoms with Gasteiger partial charge in [0, 0.05) is 5.56 Å². The van der Waals surface area contributed by atoms with Crippen molar-refractivity contribution in [3.8, 4) is 5.75 Å². The molecule has 15 heavy (non-hydrogen) atoms. The van der Waals surface area contributed by atoms with Crippen molar-refractivity contribution < 1.29 is 18.3 Å². The summed E-state index contributed by atoms with van der Waals surface area (Å²) < 4.78 is 28.2. The smallest absolute Gasteiger partial charge is 0.387 e. The number of benzene rings is 1. The molecule has 0 aliphatic carbocycles. The van der Waals surface area contributed by atoms with Gasteiger partial charge in [0.2, 0.25) is 0 Å². The number of carbonyl (C=O) groups is 1. The fourth-order valence-corrected chi connectivity index (χ4v) is 1.28. The lowest BCUT2D eigenvalue weighted by atomic mass is 10.1. The first-order valence-electron chi connectivity index (χ1n) is 4.17. The van der Waals surface area contributed by atoms with E-state index >= 15 is 0 Å². The predicted octanol–water partition coefficient (Wildman–Crippen LogP) is 3.45. The monoisotopic (exact) mass is 234 g/mol. The lowest BCUT2D eigenvalue weighted by Crippen LogP contribution is -2.04. The summed E-state index contributed by atoms with van der Waals surface area (Å²) in [5.74, 6) is -0.397. The SMILES string of the molecule is CC(=O)c1cc(C)c(Cl)c(OC(F)F)c1. The maximum absolute atomic E-state index is 12.0. The number of hydrogen-bond acceptors (Lipinski definition) is 2. The molecule has 5 heteroatoms. The second kappa shape index (κ2) is 4.57. The Balaban J connectivity index is 3.19. The molecule has 0 aliphatic heterocycles. The number of hydrogen-bond donors (Lipinski definition) is 0. The highest BCUT2D eigenvalue weighted by molar-refractivity contribution is 6.33. The Morgan fingerprint density at radius 1 is 1.47 bits per heavy atom. The van der Waals surface area contributed by atoms with Gasteiger partial charge >= 0.3 is 6.61 Å². The van der Waals surface area contributed by atoms with Gasteiger partial charge in [0.1, 0.15) is 5.75 Å². The van der Waals surface area contributed by atoms with Gasteiger partial charge in [0.05, 0.1) is 5.02 Å². The number of rotatable bonds is 3. The van der Waals surface area contributed by atoms with Crippen LogP contribution in [0.15, 0.2) is 12.1 Å². The molecule has 0 fully saturated rings. The van der Waals surface area contributed by atoms with Gasteiger partial charge in [0.25, 0.3) is 0 Å². The molecule has 1 rings (SSSR count). The van der Waals surface area contributed by atoms with Gasteiger partial charge in [-0.1, -0.05) is 11.6 Å². The molecule has 0 spiro atoms. The summed E-state index contributed by atoms with van der Waals surface area (Å²) in [5.41, 5.74) is 0.826. The third-order valence-electron chi connectivity index (χ3n) is 1.84. The van der Waals surface area contributed by atoms with Crippen molar-refractivity contribution in [1.82, 2.24) is 0 Å². The summed E-state index contributed by atoms with van der Waals surface area (Å²) in [6, 6.07) is 2.74. The summed E-state index contributed by atoms with van der Waals surface area (Å²) in [4.78, 5) is 11.1. The number of aryl methyl sites for hydroxylation is 1. The minimum atomic E-state index is -2.95. The first-order chi connectivity index (χ1) is 6.91. The van der Waals surface area contributed by atoms with Crippen LogP contribution in [0.4, 0.5) is 8.78 Å². The topological polar surface area (TPSA) is 26.3 Å². The molecule has 0 bridgehead atoms. The van der Waals surface area contributed by atoms with E-state index in [1.165, 1.54) is 19.1 Å².